The lowest BCUT2D eigenvalue weighted by Crippen LogP contribution is -2.28. The van der Waals surface area contributed by atoms with Crippen molar-refractivity contribution >= 4 is 27.3 Å². The summed E-state index contributed by atoms with van der Waals surface area (Å²) in [7, 11) is 0. The van der Waals surface area contributed by atoms with Crippen LogP contribution in [0.15, 0.2) is 10.5 Å². The van der Waals surface area contributed by atoms with E-state index in [1.54, 1.807) is 0 Å². The molecule has 0 aliphatic heterocycles. The third-order valence-corrected chi connectivity index (χ3v) is 6.39. The Morgan fingerprint density at radius 2 is 2.00 bits per heavy atom. The third kappa shape index (κ3) is 4.30. The molecule has 0 spiro atoms. The van der Waals surface area contributed by atoms with Crippen molar-refractivity contribution in [2.45, 2.75) is 64.8 Å². The van der Waals surface area contributed by atoms with Crippen molar-refractivity contribution in [2.24, 2.45) is 5.92 Å². The Hall–Kier alpha value is 0.140. The standard InChI is InChI=1S/C16H26BrNS/c1-3-10-18-16(13-8-6-4-5-7-9-13)15-11-14(17)12(2)19-15/h11,13,16,18H,3-10H2,1-2H3. The van der Waals surface area contributed by atoms with E-state index in [9.17, 15) is 0 Å². The van der Waals surface area contributed by atoms with Gasteiger partial charge in [0, 0.05) is 20.3 Å². The minimum atomic E-state index is 0.577. The molecule has 3 heteroatoms. The van der Waals surface area contributed by atoms with Crippen molar-refractivity contribution in [3.63, 3.8) is 0 Å². The molecule has 1 saturated carbocycles. The highest BCUT2D eigenvalue weighted by molar-refractivity contribution is 9.10. The Balaban J connectivity index is 2.13. The lowest BCUT2D eigenvalue weighted by molar-refractivity contribution is 0.330. The van der Waals surface area contributed by atoms with Gasteiger partial charge in [-0.1, -0.05) is 32.6 Å². The maximum absolute atomic E-state index is 3.81. The number of hydrogen-bond donors (Lipinski definition) is 1. The van der Waals surface area contributed by atoms with Gasteiger partial charge in [-0.25, -0.2) is 0 Å². The fraction of sp³-hybridized carbons (Fsp3) is 0.750. The SMILES string of the molecule is CCCNC(c1cc(Br)c(C)s1)C1CCCCCC1. The molecular formula is C16H26BrNS. The molecule has 1 unspecified atom stereocenters. The molecule has 0 aromatic carbocycles. The number of aryl methyl sites for hydroxylation is 1. The monoisotopic (exact) mass is 343 g/mol. The Bertz CT molecular complexity index is 361. The Morgan fingerprint density at radius 1 is 1.32 bits per heavy atom. The summed E-state index contributed by atoms with van der Waals surface area (Å²) in [5.41, 5.74) is 0. The summed E-state index contributed by atoms with van der Waals surface area (Å²) >= 11 is 5.64. The average Bonchev–Trinajstić information content (AvgIpc) is 2.61. The second-order valence-corrected chi connectivity index (χ2v) is 7.88. The predicted octanol–water partition coefficient (Wildman–Crippen LogP) is 5.83. The largest absolute Gasteiger partial charge is 0.309 e. The molecule has 1 aromatic heterocycles. The lowest BCUT2D eigenvalue weighted by atomic mass is 9.90. The highest BCUT2D eigenvalue weighted by Gasteiger charge is 2.25. The van der Waals surface area contributed by atoms with Crippen LogP contribution in [0, 0.1) is 12.8 Å². The summed E-state index contributed by atoms with van der Waals surface area (Å²) in [6.45, 7) is 5.60. The molecule has 1 aromatic rings. The highest BCUT2D eigenvalue weighted by Crippen LogP contribution is 2.38. The van der Waals surface area contributed by atoms with Crippen LogP contribution in [0.4, 0.5) is 0 Å². The molecule has 2 rings (SSSR count). The summed E-state index contributed by atoms with van der Waals surface area (Å²) in [6, 6.07) is 2.92. The molecule has 0 bridgehead atoms. The van der Waals surface area contributed by atoms with Crippen molar-refractivity contribution in [1.29, 1.82) is 0 Å². The molecule has 0 saturated heterocycles. The van der Waals surface area contributed by atoms with E-state index in [1.165, 1.54) is 59.2 Å². The number of nitrogens with one attached hydrogen (secondary N) is 1. The molecule has 1 N–H and O–H groups in total. The molecule has 1 heterocycles. The van der Waals surface area contributed by atoms with Crippen molar-refractivity contribution in [1.82, 2.24) is 5.32 Å². The first-order chi connectivity index (χ1) is 9.22. The van der Waals surface area contributed by atoms with Crippen LogP contribution in [0.5, 0.6) is 0 Å². The van der Waals surface area contributed by atoms with E-state index in [4.69, 9.17) is 0 Å². The quantitative estimate of drug-likeness (QED) is 0.663. The van der Waals surface area contributed by atoms with E-state index in [-0.39, 0.29) is 0 Å². The summed E-state index contributed by atoms with van der Waals surface area (Å²) < 4.78 is 1.28. The van der Waals surface area contributed by atoms with Crippen LogP contribution in [-0.4, -0.2) is 6.54 Å². The van der Waals surface area contributed by atoms with Crippen LogP contribution in [0.25, 0.3) is 0 Å². The van der Waals surface area contributed by atoms with E-state index in [1.807, 2.05) is 11.3 Å². The van der Waals surface area contributed by atoms with Gasteiger partial charge in [-0.05, 0) is 60.6 Å². The Labute approximate surface area is 130 Å². The maximum Gasteiger partial charge on any atom is 0.0443 e. The van der Waals surface area contributed by atoms with E-state index < -0.39 is 0 Å². The van der Waals surface area contributed by atoms with Crippen LogP contribution < -0.4 is 5.32 Å². The molecule has 19 heavy (non-hydrogen) atoms. The first-order valence-corrected chi connectivity index (χ1v) is 9.32. The van der Waals surface area contributed by atoms with Crippen LogP contribution in [0.2, 0.25) is 0 Å². The maximum atomic E-state index is 3.81. The molecular weight excluding hydrogens is 318 g/mol. The van der Waals surface area contributed by atoms with Gasteiger partial charge in [-0.15, -0.1) is 11.3 Å². The fourth-order valence-electron chi connectivity index (χ4n) is 3.08. The Kier molecular flexibility index (Phi) is 6.37. The number of rotatable bonds is 5. The molecule has 0 radical (unpaired) electrons. The normalized spacial score (nSPS) is 19.3. The second kappa shape index (κ2) is 7.80. The zero-order valence-electron chi connectivity index (χ0n) is 12.2. The van der Waals surface area contributed by atoms with Crippen LogP contribution in [0.1, 0.15) is 67.7 Å². The summed E-state index contributed by atoms with van der Waals surface area (Å²) in [4.78, 5) is 2.94. The van der Waals surface area contributed by atoms with Gasteiger partial charge in [-0.2, -0.15) is 0 Å². The van der Waals surface area contributed by atoms with E-state index >= 15 is 0 Å². The number of thiophene rings is 1. The van der Waals surface area contributed by atoms with Gasteiger partial charge < -0.3 is 5.32 Å². The van der Waals surface area contributed by atoms with Crippen molar-refractivity contribution in [3.8, 4) is 0 Å². The molecule has 0 amide bonds. The Morgan fingerprint density at radius 3 is 2.53 bits per heavy atom. The number of halogens is 1. The minimum absolute atomic E-state index is 0.577. The first kappa shape index (κ1) is 15.5. The molecule has 1 atom stereocenters. The highest BCUT2D eigenvalue weighted by atomic mass is 79.9. The zero-order valence-corrected chi connectivity index (χ0v) is 14.6. The van der Waals surface area contributed by atoms with Gasteiger partial charge in [0.15, 0.2) is 0 Å². The summed E-state index contributed by atoms with van der Waals surface area (Å²) in [5, 5.41) is 3.81. The van der Waals surface area contributed by atoms with Gasteiger partial charge in [0.05, 0.1) is 0 Å². The van der Waals surface area contributed by atoms with Crippen molar-refractivity contribution in [2.75, 3.05) is 6.54 Å². The van der Waals surface area contributed by atoms with Gasteiger partial charge >= 0.3 is 0 Å². The number of hydrogen-bond acceptors (Lipinski definition) is 2. The molecule has 1 aliphatic rings. The van der Waals surface area contributed by atoms with Crippen LogP contribution >= 0.6 is 27.3 Å². The summed E-state index contributed by atoms with van der Waals surface area (Å²) in [6.07, 6.45) is 9.72. The second-order valence-electron chi connectivity index (χ2n) is 5.74. The van der Waals surface area contributed by atoms with Crippen molar-refractivity contribution in [3.05, 3.63) is 20.3 Å². The summed E-state index contributed by atoms with van der Waals surface area (Å²) in [5.74, 6) is 0.832. The average molecular weight is 344 g/mol. The molecule has 1 aliphatic carbocycles. The lowest BCUT2D eigenvalue weighted by Gasteiger charge is -2.26. The van der Waals surface area contributed by atoms with Crippen LogP contribution in [0.3, 0.4) is 0 Å². The van der Waals surface area contributed by atoms with E-state index in [0.717, 1.165) is 12.5 Å². The van der Waals surface area contributed by atoms with Gasteiger partial charge in [0.25, 0.3) is 0 Å². The molecule has 1 fully saturated rings. The third-order valence-electron chi connectivity index (χ3n) is 4.17. The molecule has 1 nitrogen and oxygen atoms in total. The first-order valence-electron chi connectivity index (χ1n) is 7.71. The van der Waals surface area contributed by atoms with Gasteiger partial charge in [0.1, 0.15) is 0 Å². The van der Waals surface area contributed by atoms with Gasteiger partial charge in [0.2, 0.25) is 0 Å². The molecule has 108 valence electrons. The fourth-order valence-corrected chi connectivity index (χ4v) is 4.81. The van der Waals surface area contributed by atoms with E-state index in [2.05, 4.69) is 41.2 Å². The topological polar surface area (TPSA) is 12.0 Å². The predicted molar refractivity (Wildman–Crippen MR) is 89.0 cm³/mol. The van der Waals surface area contributed by atoms with E-state index in [0.29, 0.717) is 6.04 Å². The van der Waals surface area contributed by atoms with Crippen LogP contribution in [-0.2, 0) is 0 Å². The zero-order chi connectivity index (χ0) is 13.7. The van der Waals surface area contributed by atoms with Crippen molar-refractivity contribution < 1.29 is 0 Å². The van der Waals surface area contributed by atoms with Gasteiger partial charge in [-0.3, -0.25) is 0 Å². The smallest absolute Gasteiger partial charge is 0.0443 e. The minimum Gasteiger partial charge on any atom is -0.309 e.